The summed E-state index contributed by atoms with van der Waals surface area (Å²) >= 11 is 11.9. The minimum atomic E-state index is -2.13. The van der Waals surface area contributed by atoms with Crippen LogP contribution in [0.4, 0.5) is 0 Å². The van der Waals surface area contributed by atoms with Crippen LogP contribution in [0.25, 0.3) is 0 Å². The molecule has 0 bridgehead atoms. The van der Waals surface area contributed by atoms with Crippen molar-refractivity contribution in [3.63, 3.8) is 0 Å². The van der Waals surface area contributed by atoms with Gasteiger partial charge in [-0.05, 0) is 34.6 Å². The number of hydrogen-bond donors (Lipinski definition) is 0. The molecule has 96 valence electrons. The van der Waals surface area contributed by atoms with Gasteiger partial charge in [0.15, 0.2) is 8.07 Å². The highest BCUT2D eigenvalue weighted by molar-refractivity contribution is 7.09. The minimum absolute atomic E-state index is 0.732. The van der Waals surface area contributed by atoms with Gasteiger partial charge in [-0.2, -0.15) is 0 Å². The van der Waals surface area contributed by atoms with E-state index in [1.54, 1.807) is 0 Å². The zero-order valence-electron chi connectivity index (χ0n) is 10.4. The maximum atomic E-state index is 5.96. The average Bonchev–Trinajstić information content (AvgIpc) is 2.44. The van der Waals surface area contributed by atoms with Crippen molar-refractivity contribution in [1.82, 2.24) is 0 Å². The second-order valence-corrected chi connectivity index (χ2v) is 8.87. The van der Waals surface area contributed by atoms with Gasteiger partial charge in [-0.15, -0.1) is 13.2 Å². The van der Waals surface area contributed by atoms with Gasteiger partial charge in [0.2, 0.25) is 0 Å². The van der Waals surface area contributed by atoms with Gasteiger partial charge in [0.1, 0.15) is 0 Å². The summed E-state index contributed by atoms with van der Waals surface area (Å²) in [6.07, 6.45) is 0. The molecule has 0 N–H and O–H groups in total. The van der Waals surface area contributed by atoms with Crippen LogP contribution >= 0.6 is 23.2 Å². The second-order valence-electron chi connectivity index (χ2n) is 4.29. The van der Waals surface area contributed by atoms with Gasteiger partial charge >= 0.3 is 0 Å². The van der Waals surface area contributed by atoms with E-state index in [1.165, 1.54) is 10.4 Å². The summed E-state index contributed by atoms with van der Waals surface area (Å²) in [5.74, 6) is 0. The van der Waals surface area contributed by atoms with Crippen molar-refractivity contribution in [2.24, 2.45) is 0 Å². The van der Waals surface area contributed by atoms with E-state index in [-0.39, 0.29) is 0 Å². The lowest BCUT2D eigenvalue weighted by Crippen LogP contribution is -2.55. The maximum Gasteiger partial charge on any atom is 0.163 e. The van der Waals surface area contributed by atoms with Gasteiger partial charge in [0, 0.05) is 10.0 Å². The van der Waals surface area contributed by atoms with Crippen LogP contribution in [0.5, 0.6) is 0 Å². The Morgan fingerprint density at radius 2 is 1.00 bits per heavy atom. The smallest absolute Gasteiger partial charge is 0.106 e. The summed E-state index contributed by atoms with van der Waals surface area (Å²) in [5, 5.41) is 3.89. The SMILES string of the molecule is C=C[Si](C=C)(c1ccc(Cl)cc1)c1ccc(Cl)cc1. The van der Waals surface area contributed by atoms with E-state index in [2.05, 4.69) is 13.2 Å². The quantitative estimate of drug-likeness (QED) is 0.749. The van der Waals surface area contributed by atoms with Crippen LogP contribution in [-0.4, -0.2) is 8.07 Å². The maximum absolute atomic E-state index is 5.96. The van der Waals surface area contributed by atoms with Crippen molar-refractivity contribution in [2.45, 2.75) is 0 Å². The van der Waals surface area contributed by atoms with Crippen molar-refractivity contribution in [3.8, 4) is 0 Å². The Morgan fingerprint density at radius 3 is 1.26 bits per heavy atom. The summed E-state index contributed by atoms with van der Waals surface area (Å²) in [4.78, 5) is 0. The highest BCUT2D eigenvalue weighted by Crippen LogP contribution is 2.13. The lowest BCUT2D eigenvalue weighted by molar-refractivity contribution is 1.71. The molecule has 0 fully saturated rings. The highest BCUT2D eigenvalue weighted by atomic mass is 35.5. The number of benzene rings is 2. The largest absolute Gasteiger partial charge is 0.163 e. The van der Waals surface area contributed by atoms with Crippen LogP contribution in [0.2, 0.25) is 10.0 Å². The lowest BCUT2D eigenvalue weighted by Gasteiger charge is -2.25. The van der Waals surface area contributed by atoms with Gasteiger partial charge in [0.25, 0.3) is 0 Å². The summed E-state index contributed by atoms with van der Waals surface area (Å²) in [7, 11) is -2.13. The van der Waals surface area contributed by atoms with E-state index >= 15 is 0 Å². The van der Waals surface area contributed by atoms with E-state index in [9.17, 15) is 0 Å². The zero-order chi connectivity index (χ0) is 13.9. The third kappa shape index (κ3) is 2.69. The van der Waals surface area contributed by atoms with Crippen molar-refractivity contribution in [1.29, 1.82) is 0 Å². The molecular formula is C16H14Cl2Si. The molecule has 0 unspecified atom stereocenters. The Morgan fingerprint density at radius 1 is 0.684 bits per heavy atom. The molecule has 0 saturated carbocycles. The fourth-order valence-electron chi connectivity index (χ4n) is 2.17. The Kier molecular flexibility index (Phi) is 4.30. The van der Waals surface area contributed by atoms with Crippen LogP contribution in [0.1, 0.15) is 0 Å². The van der Waals surface area contributed by atoms with Crippen molar-refractivity contribution >= 4 is 41.6 Å². The predicted molar refractivity (Wildman–Crippen MR) is 88.3 cm³/mol. The summed E-state index contributed by atoms with van der Waals surface area (Å²) in [6, 6.07) is 15.8. The molecule has 0 amide bonds. The molecule has 0 spiro atoms. The fraction of sp³-hybridized carbons (Fsp3) is 0. The number of halogens is 2. The number of rotatable bonds is 4. The topological polar surface area (TPSA) is 0 Å². The third-order valence-electron chi connectivity index (χ3n) is 3.29. The van der Waals surface area contributed by atoms with Gasteiger partial charge in [-0.25, -0.2) is 0 Å². The highest BCUT2D eigenvalue weighted by Gasteiger charge is 2.30. The van der Waals surface area contributed by atoms with Gasteiger partial charge in [-0.1, -0.05) is 58.9 Å². The van der Waals surface area contributed by atoms with E-state index in [0.29, 0.717) is 0 Å². The van der Waals surface area contributed by atoms with E-state index in [0.717, 1.165) is 10.0 Å². The van der Waals surface area contributed by atoms with E-state index in [1.807, 2.05) is 59.9 Å². The molecule has 0 heterocycles. The first kappa shape index (κ1) is 14.1. The molecule has 2 aromatic carbocycles. The molecule has 19 heavy (non-hydrogen) atoms. The van der Waals surface area contributed by atoms with Crippen molar-refractivity contribution in [3.05, 3.63) is 83.1 Å². The third-order valence-corrected chi connectivity index (χ3v) is 7.66. The Balaban J connectivity index is 2.60. The molecule has 0 nitrogen and oxygen atoms in total. The Hall–Kier alpha value is -1.28. The van der Waals surface area contributed by atoms with Crippen LogP contribution < -0.4 is 10.4 Å². The van der Waals surface area contributed by atoms with E-state index in [4.69, 9.17) is 23.2 Å². The van der Waals surface area contributed by atoms with Crippen molar-refractivity contribution in [2.75, 3.05) is 0 Å². The molecule has 2 rings (SSSR count). The van der Waals surface area contributed by atoms with Crippen LogP contribution in [-0.2, 0) is 0 Å². The molecule has 0 atom stereocenters. The monoisotopic (exact) mass is 304 g/mol. The standard InChI is InChI=1S/C16H14Cl2Si/c1-3-19(4-2,15-9-5-13(17)6-10-15)16-11-7-14(18)8-12-16/h3-12H,1-2H2. The molecule has 3 heteroatoms. The normalized spacial score (nSPS) is 11.1. The molecule has 0 aliphatic rings. The van der Waals surface area contributed by atoms with Crippen molar-refractivity contribution < 1.29 is 0 Å². The molecule has 0 radical (unpaired) electrons. The summed E-state index contributed by atoms with van der Waals surface area (Å²) in [5.41, 5.74) is 4.04. The zero-order valence-corrected chi connectivity index (χ0v) is 13.0. The first-order valence-electron chi connectivity index (χ1n) is 5.91. The van der Waals surface area contributed by atoms with Crippen LogP contribution in [0.15, 0.2) is 73.1 Å². The fourth-order valence-corrected chi connectivity index (χ4v) is 5.30. The van der Waals surface area contributed by atoms with E-state index < -0.39 is 8.07 Å². The second kappa shape index (κ2) is 5.79. The first-order valence-corrected chi connectivity index (χ1v) is 8.83. The average molecular weight is 305 g/mol. The lowest BCUT2D eigenvalue weighted by atomic mass is 10.4. The molecule has 0 aliphatic carbocycles. The molecule has 0 aliphatic heterocycles. The first-order chi connectivity index (χ1) is 9.12. The van der Waals surface area contributed by atoms with Crippen LogP contribution in [0.3, 0.4) is 0 Å². The summed E-state index contributed by atoms with van der Waals surface area (Å²) in [6.45, 7) is 8.05. The Labute approximate surface area is 125 Å². The predicted octanol–water partition coefficient (Wildman–Crippen LogP) is 4.01. The molecule has 2 aromatic rings. The molecular weight excluding hydrogens is 291 g/mol. The van der Waals surface area contributed by atoms with Crippen LogP contribution in [0, 0.1) is 0 Å². The van der Waals surface area contributed by atoms with Gasteiger partial charge < -0.3 is 0 Å². The number of hydrogen-bond acceptors (Lipinski definition) is 0. The molecule has 0 saturated heterocycles. The van der Waals surface area contributed by atoms with Gasteiger partial charge in [-0.3, -0.25) is 0 Å². The van der Waals surface area contributed by atoms with Gasteiger partial charge in [0.05, 0.1) is 0 Å². The minimum Gasteiger partial charge on any atom is -0.106 e. The Bertz CT molecular complexity index is 530. The summed E-state index contributed by atoms with van der Waals surface area (Å²) < 4.78 is 0. The molecule has 0 aromatic heterocycles.